The number of hydrogen-bond acceptors (Lipinski definition) is 4. The monoisotopic (exact) mass is 272 g/mol. The molecule has 0 atom stereocenters. The first kappa shape index (κ1) is 13.5. The number of aryl methyl sites for hydroxylation is 1. The van der Waals surface area contributed by atoms with Gasteiger partial charge in [0.05, 0.1) is 11.4 Å². The maximum atomic E-state index is 12.2. The minimum Gasteiger partial charge on any atom is -0.325 e. The van der Waals surface area contributed by atoms with Crippen LogP contribution in [0, 0.1) is 12.8 Å². The second kappa shape index (κ2) is 5.38. The Morgan fingerprint density at radius 2 is 2.11 bits per heavy atom. The van der Waals surface area contributed by atoms with Crippen LogP contribution in [0.4, 0.5) is 0 Å². The van der Waals surface area contributed by atoms with Crippen LogP contribution in [-0.2, 0) is 16.6 Å². The van der Waals surface area contributed by atoms with Gasteiger partial charge in [0, 0.05) is 13.1 Å². The van der Waals surface area contributed by atoms with Crippen LogP contribution in [0.25, 0.3) is 0 Å². The van der Waals surface area contributed by atoms with Gasteiger partial charge >= 0.3 is 0 Å². The molecule has 7 heteroatoms. The van der Waals surface area contributed by atoms with Crippen LogP contribution in [-0.4, -0.2) is 25.2 Å². The van der Waals surface area contributed by atoms with Gasteiger partial charge in [0.1, 0.15) is 4.90 Å². The lowest BCUT2D eigenvalue weighted by molar-refractivity contribution is 0.519. The number of nitrogens with two attached hydrogens (primary N) is 1. The zero-order chi connectivity index (χ0) is 13.2. The number of aromatic amines is 1. The second-order valence-electron chi connectivity index (χ2n) is 4.83. The molecule has 0 spiro atoms. The van der Waals surface area contributed by atoms with Gasteiger partial charge in [0.25, 0.3) is 0 Å². The smallest absolute Gasteiger partial charge is 0.244 e. The maximum absolute atomic E-state index is 12.2. The zero-order valence-electron chi connectivity index (χ0n) is 10.6. The van der Waals surface area contributed by atoms with Crippen molar-refractivity contribution in [3.63, 3.8) is 0 Å². The minimum absolute atomic E-state index is 0.115. The fourth-order valence-corrected chi connectivity index (χ4v) is 3.97. The molecule has 1 saturated carbocycles. The highest BCUT2D eigenvalue weighted by molar-refractivity contribution is 7.89. The fourth-order valence-electron chi connectivity index (χ4n) is 2.48. The molecule has 0 aromatic carbocycles. The van der Waals surface area contributed by atoms with Crippen LogP contribution in [0.3, 0.4) is 0 Å². The zero-order valence-corrected chi connectivity index (χ0v) is 11.4. The Hall–Kier alpha value is -0.920. The van der Waals surface area contributed by atoms with Crippen molar-refractivity contribution in [2.75, 3.05) is 6.54 Å². The minimum atomic E-state index is -3.50. The largest absolute Gasteiger partial charge is 0.325 e. The van der Waals surface area contributed by atoms with Crippen molar-refractivity contribution in [2.24, 2.45) is 11.7 Å². The molecule has 1 fully saturated rings. The van der Waals surface area contributed by atoms with E-state index in [1.807, 2.05) is 0 Å². The first-order valence-corrected chi connectivity index (χ1v) is 7.76. The van der Waals surface area contributed by atoms with Crippen molar-refractivity contribution in [1.29, 1.82) is 0 Å². The molecule has 1 aromatic heterocycles. The second-order valence-corrected chi connectivity index (χ2v) is 6.53. The third kappa shape index (κ3) is 2.73. The lowest BCUT2D eigenvalue weighted by Crippen LogP contribution is -2.29. The number of rotatable bonds is 5. The van der Waals surface area contributed by atoms with Gasteiger partial charge < -0.3 is 5.73 Å². The van der Waals surface area contributed by atoms with E-state index in [-0.39, 0.29) is 11.4 Å². The predicted octanol–water partition coefficient (Wildman–Crippen LogP) is 0.645. The average molecular weight is 272 g/mol. The van der Waals surface area contributed by atoms with Crippen LogP contribution in [0.5, 0.6) is 0 Å². The normalized spacial score (nSPS) is 17.4. The van der Waals surface area contributed by atoms with Gasteiger partial charge in [-0.2, -0.15) is 5.10 Å². The van der Waals surface area contributed by atoms with E-state index in [4.69, 9.17) is 5.73 Å². The molecule has 0 bridgehead atoms. The molecule has 1 heterocycles. The molecule has 4 N–H and O–H groups in total. The summed E-state index contributed by atoms with van der Waals surface area (Å²) in [5.41, 5.74) is 6.44. The number of sulfonamides is 1. The standard InChI is InChI=1S/C11H20N4O2S/c1-8-11(10(6-12)15-14-8)18(16,17)13-7-9-4-2-3-5-9/h9,13H,2-7,12H2,1H3,(H,14,15). The summed E-state index contributed by atoms with van der Waals surface area (Å²) in [5, 5.41) is 6.58. The number of aromatic nitrogens is 2. The maximum Gasteiger partial charge on any atom is 0.244 e. The summed E-state index contributed by atoms with van der Waals surface area (Å²) in [6.07, 6.45) is 4.61. The Kier molecular flexibility index (Phi) is 4.04. The van der Waals surface area contributed by atoms with Gasteiger partial charge in [-0.1, -0.05) is 12.8 Å². The number of nitrogens with one attached hydrogen (secondary N) is 2. The predicted molar refractivity (Wildman–Crippen MR) is 68.4 cm³/mol. The SMILES string of the molecule is Cc1[nH]nc(CN)c1S(=O)(=O)NCC1CCCC1. The van der Waals surface area contributed by atoms with Gasteiger partial charge in [-0.15, -0.1) is 0 Å². The fraction of sp³-hybridized carbons (Fsp3) is 0.727. The van der Waals surface area contributed by atoms with E-state index in [2.05, 4.69) is 14.9 Å². The van der Waals surface area contributed by atoms with Gasteiger partial charge in [-0.05, 0) is 25.7 Å². The van der Waals surface area contributed by atoms with Crippen LogP contribution >= 0.6 is 0 Å². The molecule has 1 aromatic rings. The lowest BCUT2D eigenvalue weighted by atomic mass is 10.1. The van der Waals surface area contributed by atoms with Crippen molar-refractivity contribution in [2.45, 2.75) is 44.0 Å². The molecule has 102 valence electrons. The van der Waals surface area contributed by atoms with Crippen molar-refractivity contribution >= 4 is 10.0 Å². The van der Waals surface area contributed by atoms with E-state index >= 15 is 0 Å². The van der Waals surface area contributed by atoms with Gasteiger partial charge in [-0.25, -0.2) is 13.1 Å². The Morgan fingerprint density at radius 3 is 2.72 bits per heavy atom. The number of nitrogens with zero attached hydrogens (tertiary/aromatic N) is 1. The molecule has 0 aliphatic heterocycles. The molecule has 0 radical (unpaired) electrons. The first-order chi connectivity index (χ1) is 8.54. The quantitative estimate of drug-likeness (QED) is 0.732. The van der Waals surface area contributed by atoms with Gasteiger partial charge in [0.2, 0.25) is 10.0 Å². The average Bonchev–Trinajstić information content (AvgIpc) is 2.95. The van der Waals surface area contributed by atoms with E-state index in [0.717, 1.165) is 12.8 Å². The molecule has 0 amide bonds. The molecule has 6 nitrogen and oxygen atoms in total. The molecular formula is C11H20N4O2S. The Balaban J connectivity index is 2.11. The Morgan fingerprint density at radius 1 is 1.44 bits per heavy atom. The van der Waals surface area contributed by atoms with Crippen molar-refractivity contribution < 1.29 is 8.42 Å². The van der Waals surface area contributed by atoms with Crippen LogP contribution in [0.15, 0.2) is 4.90 Å². The summed E-state index contributed by atoms with van der Waals surface area (Å²) < 4.78 is 27.1. The van der Waals surface area contributed by atoms with E-state index in [0.29, 0.717) is 23.9 Å². The van der Waals surface area contributed by atoms with Crippen molar-refractivity contribution in [3.8, 4) is 0 Å². The number of hydrogen-bond donors (Lipinski definition) is 3. The molecule has 0 saturated heterocycles. The molecular weight excluding hydrogens is 252 g/mol. The molecule has 1 aliphatic carbocycles. The summed E-state index contributed by atoms with van der Waals surface area (Å²) in [6, 6.07) is 0. The summed E-state index contributed by atoms with van der Waals surface area (Å²) in [4.78, 5) is 0.211. The van der Waals surface area contributed by atoms with E-state index in [9.17, 15) is 8.42 Å². The molecule has 0 unspecified atom stereocenters. The third-order valence-electron chi connectivity index (χ3n) is 3.46. The van der Waals surface area contributed by atoms with E-state index in [1.165, 1.54) is 12.8 Å². The van der Waals surface area contributed by atoms with E-state index in [1.54, 1.807) is 6.92 Å². The number of H-pyrrole nitrogens is 1. The summed E-state index contributed by atoms with van der Waals surface area (Å²) >= 11 is 0. The molecule has 2 rings (SSSR count). The highest BCUT2D eigenvalue weighted by atomic mass is 32.2. The highest BCUT2D eigenvalue weighted by Gasteiger charge is 2.25. The summed E-state index contributed by atoms with van der Waals surface area (Å²) in [5.74, 6) is 0.466. The molecule has 18 heavy (non-hydrogen) atoms. The van der Waals surface area contributed by atoms with Gasteiger partial charge in [-0.3, -0.25) is 5.10 Å². The highest BCUT2D eigenvalue weighted by Crippen LogP contribution is 2.25. The van der Waals surface area contributed by atoms with Crippen LogP contribution in [0.2, 0.25) is 0 Å². The van der Waals surface area contributed by atoms with Crippen molar-refractivity contribution in [3.05, 3.63) is 11.4 Å². The third-order valence-corrected chi connectivity index (χ3v) is 5.09. The van der Waals surface area contributed by atoms with Crippen LogP contribution < -0.4 is 10.5 Å². The first-order valence-electron chi connectivity index (χ1n) is 6.28. The van der Waals surface area contributed by atoms with Crippen molar-refractivity contribution in [1.82, 2.24) is 14.9 Å². The summed E-state index contributed by atoms with van der Waals surface area (Å²) in [7, 11) is -3.50. The van der Waals surface area contributed by atoms with Gasteiger partial charge in [0.15, 0.2) is 0 Å². The summed E-state index contributed by atoms with van der Waals surface area (Å²) in [6.45, 7) is 2.32. The Labute approximate surface area is 107 Å². The topological polar surface area (TPSA) is 101 Å². The molecule has 1 aliphatic rings. The Bertz CT molecular complexity index is 503. The van der Waals surface area contributed by atoms with E-state index < -0.39 is 10.0 Å². The van der Waals surface area contributed by atoms with Crippen LogP contribution in [0.1, 0.15) is 37.1 Å². The lowest BCUT2D eigenvalue weighted by Gasteiger charge is -2.11.